The smallest absolute Gasteiger partial charge is 0.416 e. The van der Waals surface area contributed by atoms with Crippen molar-refractivity contribution in [1.82, 2.24) is 4.90 Å². The molecule has 0 aromatic heterocycles. The summed E-state index contributed by atoms with van der Waals surface area (Å²) in [5.41, 5.74) is -0.427. The molecule has 1 aromatic rings. The number of rotatable bonds is 4. The van der Waals surface area contributed by atoms with E-state index < -0.39 is 23.1 Å². The van der Waals surface area contributed by atoms with E-state index in [0.717, 1.165) is 12.1 Å². The van der Waals surface area contributed by atoms with Gasteiger partial charge in [-0.15, -0.1) is 11.8 Å². The molecule has 0 saturated carbocycles. The number of carbonyl (C=O) groups is 2. The molecule has 1 amide bonds. The lowest BCUT2D eigenvalue weighted by Gasteiger charge is -2.24. The van der Waals surface area contributed by atoms with Gasteiger partial charge in [-0.2, -0.15) is 13.2 Å². The van der Waals surface area contributed by atoms with E-state index in [1.807, 2.05) is 0 Å². The first kappa shape index (κ1) is 15.7. The van der Waals surface area contributed by atoms with Crippen molar-refractivity contribution in [3.63, 3.8) is 0 Å². The number of hydrogen-bond acceptors (Lipinski definition) is 3. The highest BCUT2D eigenvalue weighted by Crippen LogP contribution is 2.40. The molecule has 8 heteroatoms. The van der Waals surface area contributed by atoms with E-state index in [1.165, 1.54) is 28.8 Å². The highest BCUT2D eigenvalue weighted by atomic mass is 32.2. The predicted octanol–water partition coefficient (Wildman–Crippen LogP) is 2.75. The zero-order chi connectivity index (χ0) is 15.6. The molecular formula is C13H12F3NO3S. The van der Waals surface area contributed by atoms with Gasteiger partial charge in [0.25, 0.3) is 0 Å². The van der Waals surface area contributed by atoms with Gasteiger partial charge in [-0.05, 0) is 17.7 Å². The maximum atomic E-state index is 12.7. The lowest BCUT2D eigenvalue weighted by molar-refractivity contribution is -0.138. The van der Waals surface area contributed by atoms with Gasteiger partial charge in [-0.25, -0.2) is 0 Å². The van der Waals surface area contributed by atoms with Crippen molar-refractivity contribution in [3.05, 3.63) is 35.4 Å². The lowest BCUT2D eigenvalue weighted by atomic mass is 10.1. The zero-order valence-electron chi connectivity index (χ0n) is 10.8. The van der Waals surface area contributed by atoms with Gasteiger partial charge in [0.1, 0.15) is 5.37 Å². The number of nitrogens with zero attached hydrogens (tertiary/aromatic N) is 1. The van der Waals surface area contributed by atoms with E-state index in [2.05, 4.69) is 0 Å². The molecule has 1 N–H and O–H groups in total. The Morgan fingerprint density at radius 1 is 1.43 bits per heavy atom. The van der Waals surface area contributed by atoms with E-state index in [0.29, 0.717) is 5.56 Å². The molecule has 1 saturated heterocycles. The van der Waals surface area contributed by atoms with Gasteiger partial charge < -0.3 is 10.0 Å². The summed E-state index contributed by atoms with van der Waals surface area (Å²) in [4.78, 5) is 23.7. The van der Waals surface area contributed by atoms with Crippen LogP contribution in [-0.4, -0.2) is 34.2 Å². The van der Waals surface area contributed by atoms with Crippen LogP contribution in [0.3, 0.4) is 0 Å². The molecule has 1 aliphatic rings. The number of carboxylic acid groups (broad SMARTS) is 1. The summed E-state index contributed by atoms with van der Waals surface area (Å²) in [6.45, 7) is -0.0118. The van der Waals surface area contributed by atoms with Gasteiger partial charge in [0, 0.05) is 6.54 Å². The van der Waals surface area contributed by atoms with Crippen LogP contribution in [0.1, 0.15) is 22.9 Å². The molecule has 4 nitrogen and oxygen atoms in total. The summed E-state index contributed by atoms with van der Waals surface area (Å²) in [5.74, 6) is -1.17. The first-order valence-corrected chi connectivity index (χ1v) is 7.14. The summed E-state index contributed by atoms with van der Waals surface area (Å²) in [5, 5.41) is 8.10. The molecule has 0 aliphatic carbocycles. The molecule has 0 radical (unpaired) electrons. The second kappa shape index (κ2) is 5.97. The van der Waals surface area contributed by atoms with Crippen molar-refractivity contribution in [2.75, 3.05) is 12.3 Å². The summed E-state index contributed by atoms with van der Waals surface area (Å²) in [7, 11) is 0. The minimum absolute atomic E-state index is 0.0118. The molecule has 0 spiro atoms. The topological polar surface area (TPSA) is 57.6 Å². The Morgan fingerprint density at radius 2 is 2.14 bits per heavy atom. The van der Waals surface area contributed by atoms with Crippen LogP contribution in [-0.2, 0) is 15.8 Å². The number of hydrogen-bond donors (Lipinski definition) is 1. The van der Waals surface area contributed by atoms with Crippen LogP contribution in [0.2, 0.25) is 0 Å². The van der Waals surface area contributed by atoms with Crippen LogP contribution in [0.5, 0.6) is 0 Å². The number of halogens is 3. The maximum absolute atomic E-state index is 12.7. The van der Waals surface area contributed by atoms with E-state index in [4.69, 9.17) is 5.11 Å². The van der Waals surface area contributed by atoms with Crippen LogP contribution in [0.4, 0.5) is 13.2 Å². The van der Waals surface area contributed by atoms with Crippen LogP contribution in [0.25, 0.3) is 0 Å². The van der Waals surface area contributed by atoms with Crippen molar-refractivity contribution in [2.45, 2.75) is 18.0 Å². The molecule has 2 rings (SSSR count). The van der Waals surface area contributed by atoms with E-state index in [1.54, 1.807) is 0 Å². The normalized spacial score (nSPS) is 19.1. The Morgan fingerprint density at radius 3 is 2.76 bits per heavy atom. The predicted molar refractivity (Wildman–Crippen MR) is 70.6 cm³/mol. The third-order valence-corrected chi connectivity index (χ3v) is 4.29. The molecule has 0 bridgehead atoms. The Labute approximate surface area is 122 Å². The highest BCUT2D eigenvalue weighted by Gasteiger charge is 2.35. The highest BCUT2D eigenvalue weighted by molar-refractivity contribution is 8.00. The van der Waals surface area contributed by atoms with Crippen LogP contribution in [0.15, 0.2) is 24.3 Å². The number of carbonyl (C=O) groups excluding carboxylic acids is 1. The summed E-state index contributed by atoms with van der Waals surface area (Å²) < 4.78 is 38.2. The van der Waals surface area contributed by atoms with Crippen LogP contribution in [0, 0.1) is 0 Å². The van der Waals surface area contributed by atoms with E-state index in [-0.39, 0.29) is 24.6 Å². The minimum Gasteiger partial charge on any atom is -0.481 e. The molecule has 21 heavy (non-hydrogen) atoms. The Hall–Kier alpha value is -1.70. The van der Waals surface area contributed by atoms with Gasteiger partial charge in [0.15, 0.2) is 0 Å². The minimum atomic E-state index is -4.45. The second-order valence-corrected chi connectivity index (χ2v) is 5.59. The summed E-state index contributed by atoms with van der Waals surface area (Å²) >= 11 is 1.20. The molecule has 1 aliphatic heterocycles. The summed E-state index contributed by atoms with van der Waals surface area (Å²) in [6, 6.07) is 4.77. The van der Waals surface area contributed by atoms with E-state index >= 15 is 0 Å². The molecule has 0 unspecified atom stereocenters. The van der Waals surface area contributed by atoms with Crippen molar-refractivity contribution in [2.24, 2.45) is 0 Å². The number of alkyl halides is 3. The fraction of sp³-hybridized carbons (Fsp3) is 0.385. The Bertz CT molecular complexity index is 562. The third kappa shape index (κ3) is 3.69. The van der Waals surface area contributed by atoms with Crippen molar-refractivity contribution in [3.8, 4) is 0 Å². The Balaban J connectivity index is 2.23. The van der Waals surface area contributed by atoms with Gasteiger partial charge in [-0.1, -0.05) is 12.1 Å². The van der Waals surface area contributed by atoms with Gasteiger partial charge in [0.05, 0.1) is 17.7 Å². The number of aliphatic carboxylic acids is 1. The number of benzene rings is 1. The SMILES string of the molecule is O=C(O)CCN1C(=O)CS[C@@H]1c1cccc(C(F)(F)F)c1. The monoisotopic (exact) mass is 319 g/mol. The molecule has 114 valence electrons. The van der Waals surface area contributed by atoms with Gasteiger partial charge >= 0.3 is 12.1 Å². The number of thioether (sulfide) groups is 1. The fourth-order valence-electron chi connectivity index (χ4n) is 2.06. The van der Waals surface area contributed by atoms with E-state index in [9.17, 15) is 22.8 Å². The first-order valence-electron chi connectivity index (χ1n) is 6.09. The third-order valence-electron chi connectivity index (χ3n) is 3.03. The second-order valence-electron chi connectivity index (χ2n) is 4.52. The van der Waals surface area contributed by atoms with Crippen molar-refractivity contribution >= 4 is 23.6 Å². The number of carboxylic acids is 1. The van der Waals surface area contributed by atoms with Crippen molar-refractivity contribution < 1.29 is 27.9 Å². The first-order chi connectivity index (χ1) is 9.79. The number of amides is 1. The van der Waals surface area contributed by atoms with Crippen LogP contribution < -0.4 is 0 Å². The molecule has 1 atom stereocenters. The Kier molecular flexibility index (Phi) is 4.46. The average molecular weight is 319 g/mol. The standard InChI is InChI=1S/C13H12F3NO3S/c14-13(15,16)9-3-1-2-8(6-9)12-17(5-4-11(19)20)10(18)7-21-12/h1-3,6,12H,4-5,7H2,(H,19,20)/t12-/m1/s1. The molecule has 1 aromatic carbocycles. The van der Waals surface area contributed by atoms with Gasteiger partial charge in [0.2, 0.25) is 5.91 Å². The quantitative estimate of drug-likeness (QED) is 0.927. The van der Waals surface area contributed by atoms with Crippen molar-refractivity contribution in [1.29, 1.82) is 0 Å². The summed E-state index contributed by atoms with van der Waals surface area (Å²) in [6.07, 6.45) is -4.68. The lowest BCUT2D eigenvalue weighted by Crippen LogP contribution is -2.30. The molecule has 1 heterocycles. The zero-order valence-corrected chi connectivity index (χ0v) is 11.6. The average Bonchev–Trinajstić information content (AvgIpc) is 2.77. The van der Waals surface area contributed by atoms with Gasteiger partial charge in [-0.3, -0.25) is 9.59 Å². The molecular weight excluding hydrogens is 307 g/mol. The molecule has 1 fully saturated rings. The maximum Gasteiger partial charge on any atom is 0.416 e. The largest absolute Gasteiger partial charge is 0.481 e. The van der Waals surface area contributed by atoms with Crippen LogP contribution >= 0.6 is 11.8 Å². The fourth-order valence-corrected chi connectivity index (χ4v) is 3.26.